The molecule has 0 aromatic heterocycles. The molecule has 13 heavy (non-hydrogen) atoms. The first kappa shape index (κ1) is 10.6. The Labute approximate surface area is 80.6 Å². The standard InChI is InChI=1S/C11H18O2/c1-3-4-7-10(2)13-11-8-5-6-9-12-11/h1,10-11H,4-9H2,2H3/t10-,11?/m0/s1. The Morgan fingerprint density at radius 2 is 2.46 bits per heavy atom. The highest BCUT2D eigenvalue weighted by Crippen LogP contribution is 2.16. The number of rotatable bonds is 4. The summed E-state index contributed by atoms with van der Waals surface area (Å²) in [6.45, 7) is 2.89. The van der Waals surface area contributed by atoms with Crippen LogP contribution in [0.3, 0.4) is 0 Å². The topological polar surface area (TPSA) is 18.5 Å². The largest absolute Gasteiger partial charge is 0.353 e. The molecule has 0 aliphatic carbocycles. The van der Waals surface area contributed by atoms with Crippen LogP contribution in [0.15, 0.2) is 0 Å². The van der Waals surface area contributed by atoms with Crippen LogP contribution >= 0.6 is 0 Å². The van der Waals surface area contributed by atoms with Crippen LogP contribution < -0.4 is 0 Å². The van der Waals surface area contributed by atoms with E-state index in [-0.39, 0.29) is 12.4 Å². The third-order valence-electron chi connectivity index (χ3n) is 2.22. The third kappa shape index (κ3) is 4.31. The van der Waals surface area contributed by atoms with Gasteiger partial charge in [-0.1, -0.05) is 0 Å². The van der Waals surface area contributed by atoms with Crippen molar-refractivity contribution in [3.05, 3.63) is 0 Å². The maximum absolute atomic E-state index is 5.68. The molecule has 0 aromatic carbocycles. The van der Waals surface area contributed by atoms with E-state index in [0.717, 1.165) is 25.9 Å². The van der Waals surface area contributed by atoms with Gasteiger partial charge in [0.15, 0.2) is 6.29 Å². The van der Waals surface area contributed by atoms with Gasteiger partial charge in [-0.25, -0.2) is 0 Å². The molecule has 1 rings (SSSR count). The Bertz CT molecular complexity index is 165. The summed E-state index contributed by atoms with van der Waals surface area (Å²) in [5.41, 5.74) is 0. The summed E-state index contributed by atoms with van der Waals surface area (Å²) in [6, 6.07) is 0. The Morgan fingerprint density at radius 3 is 3.08 bits per heavy atom. The van der Waals surface area contributed by atoms with Crippen LogP contribution in [0.2, 0.25) is 0 Å². The molecule has 0 aromatic rings. The smallest absolute Gasteiger partial charge is 0.157 e. The van der Waals surface area contributed by atoms with Gasteiger partial charge in [0.25, 0.3) is 0 Å². The monoisotopic (exact) mass is 182 g/mol. The van der Waals surface area contributed by atoms with E-state index in [1.165, 1.54) is 12.8 Å². The lowest BCUT2D eigenvalue weighted by Crippen LogP contribution is -2.26. The van der Waals surface area contributed by atoms with Crippen molar-refractivity contribution in [1.82, 2.24) is 0 Å². The average molecular weight is 182 g/mol. The van der Waals surface area contributed by atoms with E-state index in [1.807, 2.05) is 0 Å². The van der Waals surface area contributed by atoms with E-state index in [4.69, 9.17) is 15.9 Å². The van der Waals surface area contributed by atoms with E-state index < -0.39 is 0 Å². The number of ether oxygens (including phenoxy) is 2. The van der Waals surface area contributed by atoms with Crippen molar-refractivity contribution in [1.29, 1.82) is 0 Å². The van der Waals surface area contributed by atoms with Crippen molar-refractivity contribution < 1.29 is 9.47 Å². The predicted octanol–water partition coefficient (Wildman–Crippen LogP) is 2.33. The molecule has 2 heteroatoms. The molecule has 1 saturated heterocycles. The van der Waals surface area contributed by atoms with Gasteiger partial charge in [0, 0.05) is 13.0 Å². The lowest BCUT2D eigenvalue weighted by atomic mass is 10.2. The molecule has 1 aliphatic rings. The van der Waals surface area contributed by atoms with Gasteiger partial charge in [-0.15, -0.1) is 12.3 Å². The molecule has 0 amide bonds. The summed E-state index contributed by atoms with van der Waals surface area (Å²) >= 11 is 0. The minimum atomic E-state index is 0.0153. The zero-order valence-corrected chi connectivity index (χ0v) is 8.29. The predicted molar refractivity (Wildman–Crippen MR) is 52.2 cm³/mol. The molecule has 2 atom stereocenters. The van der Waals surface area contributed by atoms with Gasteiger partial charge in [0.2, 0.25) is 0 Å². The average Bonchev–Trinajstić information content (AvgIpc) is 2.16. The van der Waals surface area contributed by atoms with E-state index in [0.29, 0.717) is 0 Å². The van der Waals surface area contributed by atoms with Gasteiger partial charge in [-0.3, -0.25) is 0 Å². The van der Waals surface area contributed by atoms with Crippen molar-refractivity contribution in [3.8, 4) is 12.3 Å². The minimum absolute atomic E-state index is 0.0153. The first-order chi connectivity index (χ1) is 6.33. The molecule has 0 N–H and O–H groups in total. The van der Waals surface area contributed by atoms with Gasteiger partial charge < -0.3 is 9.47 Å². The normalized spacial score (nSPS) is 25.1. The second-order valence-electron chi connectivity index (χ2n) is 3.49. The summed E-state index contributed by atoms with van der Waals surface area (Å²) in [5.74, 6) is 2.62. The first-order valence-electron chi connectivity index (χ1n) is 5.03. The second kappa shape index (κ2) is 6.01. The highest BCUT2D eigenvalue weighted by Gasteiger charge is 2.16. The van der Waals surface area contributed by atoms with E-state index in [1.54, 1.807) is 0 Å². The Morgan fingerprint density at radius 1 is 1.62 bits per heavy atom. The Kier molecular flexibility index (Phi) is 4.88. The fourth-order valence-electron chi connectivity index (χ4n) is 1.43. The van der Waals surface area contributed by atoms with Crippen molar-refractivity contribution in [2.75, 3.05) is 6.61 Å². The molecule has 1 aliphatic heterocycles. The van der Waals surface area contributed by atoms with Crippen LogP contribution in [-0.4, -0.2) is 19.0 Å². The van der Waals surface area contributed by atoms with Crippen LogP contribution in [0, 0.1) is 12.3 Å². The second-order valence-corrected chi connectivity index (χ2v) is 3.49. The number of hydrogen-bond acceptors (Lipinski definition) is 2. The molecule has 1 heterocycles. The highest BCUT2D eigenvalue weighted by atomic mass is 16.7. The zero-order valence-electron chi connectivity index (χ0n) is 8.29. The summed E-state index contributed by atoms with van der Waals surface area (Å²) in [4.78, 5) is 0. The van der Waals surface area contributed by atoms with Crippen LogP contribution in [0.1, 0.15) is 39.0 Å². The van der Waals surface area contributed by atoms with Crippen LogP contribution in [-0.2, 0) is 9.47 Å². The molecule has 0 saturated carbocycles. The molecule has 1 unspecified atom stereocenters. The van der Waals surface area contributed by atoms with Gasteiger partial charge >= 0.3 is 0 Å². The molecule has 74 valence electrons. The van der Waals surface area contributed by atoms with Crippen molar-refractivity contribution in [2.24, 2.45) is 0 Å². The number of hydrogen-bond donors (Lipinski definition) is 0. The number of terminal acetylenes is 1. The molecule has 0 spiro atoms. The maximum Gasteiger partial charge on any atom is 0.157 e. The van der Waals surface area contributed by atoms with E-state index >= 15 is 0 Å². The molecular weight excluding hydrogens is 164 g/mol. The Hall–Kier alpha value is -0.520. The fourth-order valence-corrected chi connectivity index (χ4v) is 1.43. The van der Waals surface area contributed by atoms with Crippen molar-refractivity contribution >= 4 is 0 Å². The van der Waals surface area contributed by atoms with Crippen LogP contribution in [0.4, 0.5) is 0 Å². The molecular formula is C11H18O2. The summed E-state index contributed by atoms with van der Waals surface area (Å²) in [6.07, 6.45) is 10.5. The lowest BCUT2D eigenvalue weighted by Gasteiger charge is -2.25. The van der Waals surface area contributed by atoms with Gasteiger partial charge in [0.05, 0.1) is 6.10 Å². The van der Waals surface area contributed by atoms with Crippen molar-refractivity contribution in [3.63, 3.8) is 0 Å². The SMILES string of the molecule is C#CCC[C@H](C)OC1CCCCO1. The first-order valence-corrected chi connectivity index (χ1v) is 5.03. The van der Waals surface area contributed by atoms with Gasteiger partial charge in [0.1, 0.15) is 0 Å². The van der Waals surface area contributed by atoms with E-state index in [9.17, 15) is 0 Å². The van der Waals surface area contributed by atoms with Crippen LogP contribution in [0.25, 0.3) is 0 Å². The molecule has 2 nitrogen and oxygen atoms in total. The highest BCUT2D eigenvalue weighted by molar-refractivity contribution is 4.83. The van der Waals surface area contributed by atoms with E-state index in [2.05, 4.69) is 12.8 Å². The third-order valence-corrected chi connectivity index (χ3v) is 2.22. The lowest BCUT2D eigenvalue weighted by molar-refractivity contribution is -0.185. The Balaban J connectivity index is 2.11. The van der Waals surface area contributed by atoms with Gasteiger partial charge in [-0.05, 0) is 32.6 Å². The maximum atomic E-state index is 5.68. The van der Waals surface area contributed by atoms with Crippen molar-refractivity contribution in [2.45, 2.75) is 51.4 Å². The van der Waals surface area contributed by atoms with Gasteiger partial charge in [-0.2, -0.15) is 0 Å². The zero-order chi connectivity index (χ0) is 9.52. The summed E-state index contributed by atoms with van der Waals surface area (Å²) in [7, 11) is 0. The summed E-state index contributed by atoms with van der Waals surface area (Å²) in [5, 5.41) is 0. The molecule has 0 radical (unpaired) electrons. The fraction of sp³-hybridized carbons (Fsp3) is 0.818. The summed E-state index contributed by atoms with van der Waals surface area (Å²) < 4.78 is 11.1. The molecule has 1 fully saturated rings. The van der Waals surface area contributed by atoms with Crippen LogP contribution in [0.5, 0.6) is 0 Å². The molecule has 0 bridgehead atoms. The quantitative estimate of drug-likeness (QED) is 0.621. The minimum Gasteiger partial charge on any atom is -0.353 e.